The molecule has 1 aromatic rings. The Morgan fingerprint density at radius 2 is 1.00 bits per heavy atom. The van der Waals surface area contributed by atoms with E-state index < -0.39 is 0 Å². The second-order valence-electron chi connectivity index (χ2n) is 8.83. The molecule has 1 nitrogen and oxygen atoms in total. The zero-order valence-corrected chi connectivity index (χ0v) is 19.6. The van der Waals surface area contributed by atoms with Crippen LogP contribution in [0.4, 0.5) is 0 Å². The Hall–Kier alpha value is -0.850. The van der Waals surface area contributed by atoms with Crippen LogP contribution < -0.4 is 4.57 Å². The van der Waals surface area contributed by atoms with E-state index in [4.69, 9.17) is 0 Å². The molecule has 28 heavy (non-hydrogen) atoms. The Morgan fingerprint density at radius 3 is 1.54 bits per heavy atom. The predicted octanol–water partition coefficient (Wildman–Crippen LogP) is 8.36. The van der Waals surface area contributed by atoms with Gasteiger partial charge in [-0.25, -0.2) is 4.57 Å². The summed E-state index contributed by atoms with van der Waals surface area (Å²) in [6, 6.07) is 2.40. The van der Waals surface area contributed by atoms with Gasteiger partial charge in [0.15, 0.2) is 12.4 Å². The molecule has 0 atom stereocenters. The van der Waals surface area contributed by atoms with Crippen LogP contribution in [0.25, 0.3) is 0 Å². The number of aryl methyl sites for hydroxylation is 3. The molecular formula is C27H50N+. The topological polar surface area (TPSA) is 3.88 Å². The van der Waals surface area contributed by atoms with Crippen LogP contribution in [-0.2, 0) is 19.4 Å². The van der Waals surface area contributed by atoms with Crippen molar-refractivity contribution in [2.75, 3.05) is 0 Å². The summed E-state index contributed by atoms with van der Waals surface area (Å²) < 4.78 is 2.46. The number of hydrogen-bond acceptors (Lipinski definition) is 0. The smallest absolute Gasteiger partial charge is 0.172 e. The second kappa shape index (κ2) is 18.2. The molecule has 0 spiro atoms. The lowest BCUT2D eigenvalue weighted by molar-refractivity contribution is -0.697. The summed E-state index contributed by atoms with van der Waals surface area (Å²) in [7, 11) is 0. The van der Waals surface area contributed by atoms with Crippen molar-refractivity contribution in [2.45, 2.75) is 143 Å². The minimum absolute atomic E-state index is 1.20. The van der Waals surface area contributed by atoms with Crippen molar-refractivity contribution in [1.29, 1.82) is 0 Å². The van der Waals surface area contributed by atoms with Crippen LogP contribution >= 0.6 is 0 Å². The van der Waals surface area contributed by atoms with Crippen LogP contribution in [0, 0.1) is 0 Å². The van der Waals surface area contributed by atoms with E-state index in [2.05, 4.69) is 43.8 Å². The lowest BCUT2D eigenvalue weighted by atomic mass is 10.00. The standard InChI is InChI=1S/C27H50N/c1-4-7-10-11-12-13-14-15-16-17-18-19-23-28-24-22-26(20-8-5-2)27(25-28)21-9-6-3/h22,24-25H,4-21,23H2,1-3H3/q+1. The van der Waals surface area contributed by atoms with Crippen LogP contribution in [0.2, 0.25) is 0 Å². The SMILES string of the molecule is CCCCCCCCCCCCCC[n+]1ccc(CCCC)c(CCCC)c1. The van der Waals surface area contributed by atoms with Gasteiger partial charge in [0.1, 0.15) is 6.54 Å². The van der Waals surface area contributed by atoms with E-state index in [1.807, 2.05) is 0 Å². The highest BCUT2D eigenvalue weighted by molar-refractivity contribution is 5.21. The molecule has 162 valence electrons. The van der Waals surface area contributed by atoms with Gasteiger partial charge in [-0.2, -0.15) is 0 Å². The molecule has 1 rings (SSSR count). The average Bonchev–Trinajstić information content (AvgIpc) is 2.72. The number of pyridine rings is 1. The van der Waals surface area contributed by atoms with Crippen LogP contribution in [0.3, 0.4) is 0 Å². The third-order valence-electron chi connectivity index (χ3n) is 6.07. The number of rotatable bonds is 19. The molecule has 1 heteroatoms. The maximum Gasteiger partial charge on any atom is 0.172 e. The van der Waals surface area contributed by atoms with Crippen molar-refractivity contribution in [1.82, 2.24) is 0 Å². The molecule has 1 aromatic heterocycles. The monoisotopic (exact) mass is 388 g/mol. The van der Waals surface area contributed by atoms with Gasteiger partial charge in [0.25, 0.3) is 0 Å². The quantitative estimate of drug-likeness (QED) is 0.165. The van der Waals surface area contributed by atoms with E-state index in [1.54, 1.807) is 11.1 Å². The van der Waals surface area contributed by atoms with E-state index in [-0.39, 0.29) is 0 Å². The first-order chi connectivity index (χ1) is 13.8. The van der Waals surface area contributed by atoms with Crippen molar-refractivity contribution in [3.05, 3.63) is 29.6 Å². The molecule has 0 fully saturated rings. The lowest BCUT2D eigenvalue weighted by Crippen LogP contribution is -2.33. The molecule has 0 bridgehead atoms. The zero-order valence-electron chi connectivity index (χ0n) is 19.6. The summed E-state index contributed by atoms with van der Waals surface area (Å²) >= 11 is 0. The van der Waals surface area contributed by atoms with Crippen LogP contribution in [-0.4, -0.2) is 0 Å². The largest absolute Gasteiger partial charge is 0.205 e. The van der Waals surface area contributed by atoms with Gasteiger partial charge in [-0.3, -0.25) is 0 Å². The van der Waals surface area contributed by atoms with E-state index in [1.165, 1.54) is 122 Å². The van der Waals surface area contributed by atoms with Gasteiger partial charge in [-0.05, 0) is 37.7 Å². The molecule has 0 radical (unpaired) electrons. The Kier molecular flexibility index (Phi) is 16.4. The third kappa shape index (κ3) is 12.6. The molecule has 0 N–H and O–H groups in total. The molecule has 0 unspecified atom stereocenters. The van der Waals surface area contributed by atoms with Crippen LogP contribution in [0.15, 0.2) is 18.5 Å². The van der Waals surface area contributed by atoms with E-state index in [0.29, 0.717) is 0 Å². The normalized spacial score (nSPS) is 11.2. The van der Waals surface area contributed by atoms with E-state index in [9.17, 15) is 0 Å². The highest BCUT2D eigenvalue weighted by Gasteiger charge is 2.09. The van der Waals surface area contributed by atoms with Crippen molar-refractivity contribution in [3.63, 3.8) is 0 Å². The number of hydrogen-bond donors (Lipinski definition) is 0. The van der Waals surface area contributed by atoms with Crippen molar-refractivity contribution in [3.8, 4) is 0 Å². The summed E-state index contributed by atoms with van der Waals surface area (Å²) in [5.41, 5.74) is 3.21. The summed E-state index contributed by atoms with van der Waals surface area (Å²) in [6.45, 7) is 8.09. The first-order valence-electron chi connectivity index (χ1n) is 12.8. The van der Waals surface area contributed by atoms with Gasteiger partial charge in [-0.15, -0.1) is 0 Å². The molecule has 0 aliphatic heterocycles. The fourth-order valence-electron chi connectivity index (χ4n) is 4.10. The van der Waals surface area contributed by atoms with Gasteiger partial charge in [-0.1, -0.05) is 97.8 Å². The van der Waals surface area contributed by atoms with Gasteiger partial charge in [0.2, 0.25) is 0 Å². The van der Waals surface area contributed by atoms with E-state index >= 15 is 0 Å². The number of nitrogens with zero attached hydrogens (tertiary/aromatic N) is 1. The molecule has 0 saturated carbocycles. The van der Waals surface area contributed by atoms with E-state index in [0.717, 1.165) is 0 Å². The molecule has 0 saturated heterocycles. The second-order valence-corrected chi connectivity index (χ2v) is 8.83. The summed E-state index contributed by atoms with van der Waals surface area (Å²) in [5, 5.41) is 0. The highest BCUT2D eigenvalue weighted by atomic mass is 14.9. The average molecular weight is 389 g/mol. The highest BCUT2D eigenvalue weighted by Crippen LogP contribution is 2.14. The number of aromatic nitrogens is 1. The van der Waals surface area contributed by atoms with Gasteiger partial charge >= 0.3 is 0 Å². The number of unbranched alkanes of at least 4 members (excludes halogenated alkanes) is 13. The molecule has 0 aromatic carbocycles. The Labute approximate surface area is 177 Å². The third-order valence-corrected chi connectivity index (χ3v) is 6.07. The maximum absolute atomic E-state index is 2.46. The van der Waals surface area contributed by atoms with Crippen molar-refractivity contribution in [2.24, 2.45) is 0 Å². The molecular weight excluding hydrogens is 338 g/mol. The predicted molar refractivity (Wildman–Crippen MR) is 125 cm³/mol. The molecule has 0 aliphatic rings. The summed E-state index contributed by atoms with van der Waals surface area (Å²) in [4.78, 5) is 0. The van der Waals surface area contributed by atoms with Crippen LogP contribution in [0.5, 0.6) is 0 Å². The molecule has 1 heterocycles. The van der Waals surface area contributed by atoms with Crippen LogP contribution in [0.1, 0.15) is 135 Å². The fourth-order valence-corrected chi connectivity index (χ4v) is 4.10. The maximum atomic E-state index is 2.46. The zero-order chi connectivity index (χ0) is 20.3. The molecule has 0 aliphatic carbocycles. The van der Waals surface area contributed by atoms with Gasteiger partial charge in [0.05, 0.1) is 0 Å². The van der Waals surface area contributed by atoms with Gasteiger partial charge < -0.3 is 0 Å². The minimum Gasteiger partial charge on any atom is -0.205 e. The van der Waals surface area contributed by atoms with Crippen molar-refractivity contribution < 1.29 is 4.57 Å². The first-order valence-corrected chi connectivity index (χ1v) is 12.8. The Morgan fingerprint density at radius 1 is 0.536 bits per heavy atom. The Bertz CT molecular complexity index is 465. The lowest BCUT2D eigenvalue weighted by Gasteiger charge is -2.08. The van der Waals surface area contributed by atoms with Gasteiger partial charge in [0, 0.05) is 18.1 Å². The summed E-state index contributed by atoms with van der Waals surface area (Å²) in [6.07, 6.45) is 29.7. The van der Waals surface area contributed by atoms with Crippen molar-refractivity contribution >= 4 is 0 Å². The summed E-state index contributed by atoms with van der Waals surface area (Å²) in [5.74, 6) is 0. The molecule has 0 amide bonds. The minimum atomic E-state index is 1.20. The Balaban J connectivity index is 2.15. The fraction of sp³-hybridized carbons (Fsp3) is 0.815. The first kappa shape index (κ1) is 25.2.